The van der Waals surface area contributed by atoms with Crippen LogP contribution in [0.4, 0.5) is 0 Å². The van der Waals surface area contributed by atoms with Crippen molar-refractivity contribution < 1.29 is 9.47 Å². The Labute approximate surface area is 158 Å². The van der Waals surface area contributed by atoms with Crippen molar-refractivity contribution in [2.24, 2.45) is 0 Å². The highest BCUT2D eigenvalue weighted by atomic mass is 35.5. The molecule has 0 atom stereocenters. The van der Waals surface area contributed by atoms with Crippen LogP contribution in [0.3, 0.4) is 0 Å². The average molecular weight is 369 g/mol. The van der Waals surface area contributed by atoms with Gasteiger partial charge in [-0.15, -0.1) is 0 Å². The van der Waals surface area contributed by atoms with Gasteiger partial charge < -0.3 is 9.47 Å². The molecule has 0 unspecified atom stereocenters. The van der Waals surface area contributed by atoms with E-state index in [1.165, 1.54) is 6.33 Å². The van der Waals surface area contributed by atoms with Gasteiger partial charge in [-0.1, -0.05) is 61.0 Å². The van der Waals surface area contributed by atoms with Crippen LogP contribution in [-0.4, -0.2) is 16.6 Å². The summed E-state index contributed by atoms with van der Waals surface area (Å²) in [6, 6.07) is 18.2. The van der Waals surface area contributed by atoms with Gasteiger partial charge in [0.25, 0.3) is 0 Å². The van der Waals surface area contributed by atoms with E-state index < -0.39 is 0 Å². The van der Waals surface area contributed by atoms with Crippen LogP contribution in [0, 0.1) is 0 Å². The van der Waals surface area contributed by atoms with Gasteiger partial charge in [-0.05, 0) is 29.7 Å². The Hall–Kier alpha value is -2.59. The molecule has 0 saturated heterocycles. The van der Waals surface area contributed by atoms with E-state index >= 15 is 0 Å². The topological polar surface area (TPSA) is 44.2 Å². The van der Waals surface area contributed by atoms with Crippen LogP contribution in [0.25, 0.3) is 0 Å². The molecule has 0 saturated carbocycles. The molecule has 0 bridgehead atoms. The fourth-order valence-electron chi connectivity index (χ4n) is 2.49. The molecule has 134 valence electrons. The minimum atomic E-state index is 0.446. The first-order valence-electron chi connectivity index (χ1n) is 8.64. The zero-order chi connectivity index (χ0) is 18.2. The van der Waals surface area contributed by atoms with Crippen molar-refractivity contribution in [1.29, 1.82) is 0 Å². The number of rotatable bonds is 8. The lowest BCUT2D eigenvalue weighted by molar-refractivity contribution is 0.304. The Morgan fingerprint density at radius 2 is 1.65 bits per heavy atom. The monoisotopic (exact) mass is 368 g/mol. The third kappa shape index (κ3) is 4.96. The maximum Gasteiger partial charge on any atom is 0.235 e. The van der Waals surface area contributed by atoms with Gasteiger partial charge >= 0.3 is 0 Å². The quantitative estimate of drug-likeness (QED) is 0.567. The molecule has 1 aromatic heterocycles. The Kier molecular flexibility index (Phi) is 6.45. The van der Waals surface area contributed by atoms with Gasteiger partial charge in [0.1, 0.15) is 23.7 Å². The van der Waals surface area contributed by atoms with Gasteiger partial charge in [0.05, 0.1) is 12.3 Å². The molecule has 0 spiro atoms. The number of aromatic nitrogens is 2. The standard InChI is InChI=1S/C21H21ClN2O2/c1-2-19-20(22)21(24-15-23-19)25-13-12-16-8-10-18(11-9-16)26-14-17-6-4-3-5-7-17/h3-11,15H,2,12-14H2,1H3. The van der Waals surface area contributed by atoms with Crippen LogP contribution in [0.5, 0.6) is 11.6 Å². The molecule has 4 nitrogen and oxygen atoms in total. The lowest BCUT2D eigenvalue weighted by Crippen LogP contribution is -2.05. The summed E-state index contributed by atoms with van der Waals surface area (Å²) in [4.78, 5) is 8.24. The van der Waals surface area contributed by atoms with E-state index in [4.69, 9.17) is 21.1 Å². The Morgan fingerprint density at radius 3 is 2.38 bits per heavy atom. The van der Waals surface area contributed by atoms with E-state index in [0.717, 1.165) is 35.4 Å². The third-order valence-corrected chi connectivity index (χ3v) is 4.35. The second kappa shape index (κ2) is 9.20. The second-order valence-corrected chi connectivity index (χ2v) is 6.19. The first kappa shape index (κ1) is 18.2. The predicted molar refractivity (Wildman–Crippen MR) is 103 cm³/mol. The first-order chi connectivity index (χ1) is 12.8. The highest BCUT2D eigenvalue weighted by Crippen LogP contribution is 2.24. The van der Waals surface area contributed by atoms with E-state index in [0.29, 0.717) is 24.1 Å². The number of ether oxygens (including phenoxy) is 2. The van der Waals surface area contributed by atoms with Crippen molar-refractivity contribution in [3.05, 3.63) is 82.8 Å². The molecule has 0 aliphatic carbocycles. The molecule has 5 heteroatoms. The van der Waals surface area contributed by atoms with Crippen LogP contribution < -0.4 is 9.47 Å². The van der Waals surface area contributed by atoms with E-state index in [2.05, 4.69) is 9.97 Å². The van der Waals surface area contributed by atoms with Crippen molar-refractivity contribution in [2.75, 3.05) is 6.61 Å². The molecular formula is C21H21ClN2O2. The molecule has 3 aromatic rings. The average Bonchev–Trinajstić information content (AvgIpc) is 2.69. The number of hydrogen-bond acceptors (Lipinski definition) is 4. The molecule has 0 amide bonds. The summed E-state index contributed by atoms with van der Waals surface area (Å²) >= 11 is 6.23. The molecule has 0 radical (unpaired) electrons. The fourth-order valence-corrected chi connectivity index (χ4v) is 2.78. The van der Waals surface area contributed by atoms with Gasteiger partial charge in [-0.3, -0.25) is 0 Å². The number of halogens is 1. The van der Waals surface area contributed by atoms with Crippen LogP contribution in [0.1, 0.15) is 23.7 Å². The number of aryl methyl sites for hydroxylation is 1. The normalized spacial score (nSPS) is 10.5. The number of benzene rings is 2. The maximum absolute atomic E-state index is 6.23. The second-order valence-electron chi connectivity index (χ2n) is 5.81. The zero-order valence-electron chi connectivity index (χ0n) is 14.7. The van der Waals surface area contributed by atoms with Crippen molar-refractivity contribution in [1.82, 2.24) is 9.97 Å². The van der Waals surface area contributed by atoms with Crippen molar-refractivity contribution in [3.8, 4) is 11.6 Å². The van der Waals surface area contributed by atoms with Gasteiger partial charge in [-0.25, -0.2) is 9.97 Å². The third-order valence-electron chi connectivity index (χ3n) is 3.97. The molecule has 0 aliphatic rings. The minimum Gasteiger partial charge on any atom is -0.489 e. The van der Waals surface area contributed by atoms with Crippen molar-refractivity contribution in [3.63, 3.8) is 0 Å². The molecular weight excluding hydrogens is 348 g/mol. The zero-order valence-corrected chi connectivity index (χ0v) is 15.4. The van der Waals surface area contributed by atoms with Crippen molar-refractivity contribution >= 4 is 11.6 Å². The van der Waals surface area contributed by atoms with Gasteiger partial charge in [0.15, 0.2) is 0 Å². The molecule has 26 heavy (non-hydrogen) atoms. The number of hydrogen-bond donors (Lipinski definition) is 0. The highest BCUT2D eigenvalue weighted by molar-refractivity contribution is 6.32. The Bertz CT molecular complexity index is 823. The van der Waals surface area contributed by atoms with Gasteiger partial charge in [-0.2, -0.15) is 0 Å². The molecule has 0 N–H and O–H groups in total. The van der Waals surface area contributed by atoms with Crippen LogP contribution in [0.15, 0.2) is 60.9 Å². The maximum atomic E-state index is 6.23. The van der Waals surface area contributed by atoms with Crippen LogP contribution >= 0.6 is 11.6 Å². The minimum absolute atomic E-state index is 0.446. The molecule has 0 fully saturated rings. The first-order valence-corrected chi connectivity index (χ1v) is 9.02. The van der Waals surface area contributed by atoms with Crippen LogP contribution in [-0.2, 0) is 19.4 Å². The van der Waals surface area contributed by atoms with E-state index in [-0.39, 0.29) is 0 Å². The Morgan fingerprint density at radius 1 is 0.885 bits per heavy atom. The predicted octanol–water partition coefficient (Wildman–Crippen LogP) is 4.89. The van der Waals surface area contributed by atoms with Gasteiger partial charge in [0.2, 0.25) is 5.88 Å². The summed E-state index contributed by atoms with van der Waals surface area (Å²) in [5.74, 6) is 1.30. The molecule has 0 aliphatic heterocycles. The lowest BCUT2D eigenvalue weighted by Gasteiger charge is -2.09. The summed E-state index contributed by atoms with van der Waals surface area (Å²) in [6.07, 6.45) is 3.00. The summed E-state index contributed by atoms with van der Waals surface area (Å²) in [6.45, 7) is 3.07. The Balaban J connectivity index is 1.49. The summed E-state index contributed by atoms with van der Waals surface area (Å²) in [7, 11) is 0. The van der Waals surface area contributed by atoms with Crippen LogP contribution in [0.2, 0.25) is 5.02 Å². The van der Waals surface area contributed by atoms with E-state index in [1.54, 1.807) is 0 Å². The van der Waals surface area contributed by atoms with E-state index in [9.17, 15) is 0 Å². The van der Waals surface area contributed by atoms with Gasteiger partial charge in [0, 0.05) is 6.42 Å². The summed E-state index contributed by atoms with van der Waals surface area (Å²) < 4.78 is 11.5. The summed E-state index contributed by atoms with van der Waals surface area (Å²) in [5, 5.41) is 0.500. The lowest BCUT2D eigenvalue weighted by atomic mass is 10.1. The fraction of sp³-hybridized carbons (Fsp3) is 0.238. The SMILES string of the molecule is CCc1ncnc(OCCc2ccc(OCc3ccccc3)cc2)c1Cl. The van der Waals surface area contributed by atoms with E-state index in [1.807, 2.05) is 61.5 Å². The summed E-state index contributed by atoms with van der Waals surface area (Å²) in [5.41, 5.74) is 3.12. The molecule has 1 heterocycles. The molecule has 3 rings (SSSR count). The highest BCUT2D eigenvalue weighted by Gasteiger charge is 2.08. The smallest absolute Gasteiger partial charge is 0.235 e. The molecule has 2 aromatic carbocycles. The largest absolute Gasteiger partial charge is 0.489 e. The number of nitrogens with zero attached hydrogens (tertiary/aromatic N) is 2. The van der Waals surface area contributed by atoms with Crippen molar-refractivity contribution in [2.45, 2.75) is 26.4 Å².